The van der Waals surface area contributed by atoms with Crippen LogP contribution in [0.2, 0.25) is 0 Å². The first-order chi connectivity index (χ1) is 11.2. The van der Waals surface area contributed by atoms with E-state index < -0.39 is 10.0 Å². The zero-order valence-electron chi connectivity index (χ0n) is 14.0. The lowest BCUT2D eigenvalue weighted by atomic mass is 9.99. The van der Waals surface area contributed by atoms with Gasteiger partial charge in [0.2, 0.25) is 10.0 Å². The first-order valence-corrected chi connectivity index (χ1v) is 9.26. The first kappa shape index (κ1) is 18.2. The third-order valence-electron chi connectivity index (χ3n) is 3.90. The van der Waals surface area contributed by atoms with Crippen LogP contribution in [0.5, 0.6) is 0 Å². The van der Waals surface area contributed by atoms with Gasteiger partial charge in [0.05, 0.1) is 10.9 Å². The summed E-state index contributed by atoms with van der Waals surface area (Å²) in [4.78, 5) is 12.3. The van der Waals surface area contributed by atoms with Crippen molar-refractivity contribution >= 4 is 15.9 Å². The molecule has 0 aliphatic rings. The maximum Gasteiger partial charge on any atom is 0.251 e. The molecule has 0 bridgehead atoms. The first-order valence-electron chi connectivity index (χ1n) is 7.72. The number of hydrogen-bond acceptors (Lipinski definition) is 3. The molecule has 0 heterocycles. The summed E-state index contributed by atoms with van der Waals surface area (Å²) in [6.45, 7) is 6.16. The summed E-state index contributed by atoms with van der Waals surface area (Å²) in [6, 6.07) is 13.5. The van der Waals surface area contributed by atoms with Gasteiger partial charge in [0, 0.05) is 5.56 Å². The SMILES string of the molecule is CC(C)c1ccc([C@@H](C)NC(=O)c2ccc(S(N)(=O)=O)cc2)cc1. The second kappa shape index (κ2) is 7.15. The van der Waals surface area contributed by atoms with Gasteiger partial charge in [0.25, 0.3) is 5.91 Å². The summed E-state index contributed by atoms with van der Waals surface area (Å²) in [5, 5.41) is 7.94. The molecule has 2 rings (SSSR count). The van der Waals surface area contributed by atoms with E-state index in [9.17, 15) is 13.2 Å². The van der Waals surface area contributed by atoms with Gasteiger partial charge >= 0.3 is 0 Å². The minimum Gasteiger partial charge on any atom is -0.346 e. The second-order valence-corrected chi connectivity index (χ2v) is 7.65. The van der Waals surface area contributed by atoms with Crippen LogP contribution in [0.4, 0.5) is 0 Å². The minimum atomic E-state index is -3.75. The third kappa shape index (κ3) is 4.43. The number of amides is 1. The maximum atomic E-state index is 12.3. The highest BCUT2D eigenvalue weighted by Crippen LogP contribution is 2.19. The Morgan fingerprint density at radius 2 is 1.42 bits per heavy atom. The van der Waals surface area contributed by atoms with E-state index in [2.05, 4.69) is 31.3 Å². The van der Waals surface area contributed by atoms with Crippen molar-refractivity contribution in [2.24, 2.45) is 5.14 Å². The monoisotopic (exact) mass is 346 g/mol. The molecule has 0 fully saturated rings. The van der Waals surface area contributed by atoms with Crippen LogP contribution in [0, 0.1) is 0 Å². The molecule has 128 valence electrons. The summed E-state index contributed by atoms with van der Waals surface area (Å²) in [6.07, 6.45) is 0. The van der Waals surface area contributed by atoms with Crippen LogP contribution in [0.1, 0.15) is 54.2 Å². The number of carbonyl (C=O) groups excluding carboxylic acids is 1. The normalized spacial score (nSPS) is 12.9. The van der Waals surface area contributed by atoms with Crippen LogP contribution in [-0.4, -0.2) is 14.3 Å². The van der Waals surface area contributed by atoms with Crippen LogP contribution in [0.25, 0.3) is 0 Å². The summed E-state index contributed by atoms with van der Waals surface area (Å²) in [5.41, 5.74) is 2.64. The number of hydrogen-bond donors (Lipinski definition) is 2. The van der Waals surface area contributed by atoms with Gasteiger partial charge in [-0.2, -0.15) is 0 Å². The molecule has 5 nitrogen and oxygen atoms in total. The predicted octanol–water partition coefficient (Wildman–Crippen LogP) is 2.95. The fourth-order valence-electron chi connectivity index (χ4n) is 2.33. The lowest BCUT2D eigenvalue weighted by Crippen LogP contribution is -2.26. The molecule has 2 aromatic carbocycles. The topological polar surface area (TPSA) is 89.3 Å². The van der Waals surface area contributed by atoms with Crippen molar-refractivity contribution in [2.75, 3.05) is 0 Å². The van der Waals surface area contributed by atoms with Gasteiger partial charge in [-0.3, -0.25) is 4.79 Å². The van der Waals surface area contributed by atoms with E-state index in [0.29, 0.717) is 11.5 Å². The van der Waals surface area contributed by atoms with Crippen LogP contribution < -0.4 is 10.5 Å². The quantitative estimate of drug-likeness (QED) is 0.872. The second-order valence-electron chi connectivity index (χ2n) is 6.09. The van der Waals surface area contributed by atoms with E-state index in [1.165, 1.54) is 29.8 Å². The number of carbonyl (C=O) groups is 1. The Hall–Kier alpha value is -2.18. The summed E-state index contributed by atoms with van der Waals surface area (Å²) >= 11 is 0. The molecule has 0 saturated carbocycles. The molecule has 0 aromatic heterocycles. The Morgan fingerprint density at radius 3 is 1.88 bits per heavy atom. The molecule has 0 unspecified atom stereocenters. The molecule has 3 N–H and O–H groups in total. The largest absolute Gasteiger partial charge is 0.346 e. The van der Waals surface area contributed by atoms with Gasteiger partial charge in [-0.05, 0) is 48.2 Å². The average Bonchev–Trinajstić information content (AvgIpc) is 2.54. The fraction of sp³-hybridized carbons (Fsp3) is 0.278. The van der Waals surface area contributed by atoms with E-state index in [1.807, 2.05) is 19.1 Å². The van der Waals surface area contributed by atoms with Gasteiger partial charge < -0.3 is 5.32 Å². The fourth-order valence-corrected chi connectivity index (χ4v) is 2.84. The molecule has 0 radical (unpaired) electrons. The summed E-state index contributed by atoms with van der Waals surface area (Å²) in [7, 11) is -3.75. The van der Waals surface area contributed by atoms with Crippen molar-refractivity contribution in [3.63, 3.8) is 0 Å². The third-order valence-corrected chi connectivity index (χ3v) is 4.83. The van der Waals surface area contributed by atoms with Gasteiger partial charge in [-0.25, -0.2) is 13.6 Å². The van der Waals surface area contributed by atoms with Gasteiger partial charge in [0.1, 0.15) is 0 Å². The van der Waals surface area contributed by atoms with Crippen molar-refractivity contribution in [1.82, 2.24) is 5.32 Å². The van der Waals surface area contributed by atoms with E-state index in [4.69, 9.17) is 5.14 Å². The predicted molar refractivity (Wildman–Crippen MR) is 94.2 cm³/mol. The van der Waals surface area contributed by atoms with Crippen molar-refractivity contribution in [3.05, 3.63) is 65.2 Å². The number of rotatable bonds is 5. The molecule has 0 aliphatic carbocycles. The molecular weight excluding hydrogens is 324 g/mol. The molecule has 24 heavy (non-hydrogen) atoms. The number of sulfonamides is 1. The molecule has 6 heteroatoms. The maximum absolute atomic E-state index is 12.3. The Kier molecular flexibility index (Phi) is 5.41. The minimum absolute atomic E-state index is 0.0172. The van der Waals surface area contributed by atoms with Crippen molar-refractivity contribution in [2.45, 2.75) is 37.6 Å². The Balaban J connectivity index is 2.08. The highest BCUT2D eigenvalue weighted by molar-refractivity contribution is 7.89. The Labute approximate surface area is 142 Å². The molecule has 1 atom stereocenters. The molecule has 2 aromatic rings. The van der Waals surface area contributed by atoms with Gasteiger partial charge in [-0.1, -0.05) is 38.1 Å². The lowest BCUT2D eigenvalue weighted by Gasteiger charge is -2.15. The van der Waals surface area contributed by atoms with E-state index in [-0.39, 0.29) is 16.8 Å². The highest BCUT2D eigenvalue weighted by atomic mass is 32.2. The molecule has 0 spiro atoms. The number of benzene rings is 2. The van der Waals surface area contributed by atoms with Gasteiger partial charge in [-0.15, -0.1) is 0 Å². The lowest BCUT2D eigenvalue weighted by molar-refractivity contribution is 0.0940. The molecular formula is C18H22N2O3S. The summed E-state index contributed by atoms with van der Waals surface area (Å²) < 4.78 is 22.5. The molecule has 0 aliphatic heterocycles. The van der Waals surface area contributed by atoms with E-state index in [1.54, 1.807) is 0 Å². The van der Waals surface area contributed by atoms with Crippen molar-refractivity contribution in [3.8, 4) is 0 Å². The number of nitrogens with two attached hydrogens (primary N) is 1. The van der Waals surface area contributed by atoms with Crippen LogP contribution in [-0.2, 0) is 10.0 Å². The van der Waals surface area contributed by atoms with Crippen molar-refractivity contribution < 1.29 is 13.2 Å². The van der Waals surface area contributed by atoms with Crippen LogP contribution in [0.15, 0.2) is 53.4 Å². The zero-order valence-corrected chi connectivity index (χ0v) is 14.8. The zero-order chi connectivity index (χ0) is 17.9. The average molecular weight is 346 g/mol. The van der Waals surface area contributed by atoms with E-state index in [0.717, 1.165) is 5.56 Å². The molecule has 0 saturated heterocycles. The number of nitrogens with one attached hydrogen (secondary N) is 1. The number of primary sulfonamides is 1. The van der Waals surface area contributed by atoms with Crippen LogP contribution in [0.3, 0.4) is 0 Å². The van der Waals surface area contributed by atoms with Crippen LogP contribution >= 0.6 is 0 Å². The highest BCUT2D eigenvalue weighted by Gasteiger charge is 2.13. The van der Waals surface area contributed by atoms with E-state index >= 15 is 0 Å². The Bertz CT molecular complexity index is 810. The smallest absolute Gasteiger partial charge is 0.251 e. The standard InChI is InChI=1S/C18H22N2O3S/c1-12(2)14-4-6-15(7-5-14)13(3)20-18(21)16-8-10-17(11-9-16)24(19,22)23/h4-13H,1-3H3,(H,20,21)(H2,19,22,23)/t13-/m1/s1. The Morgan fingerprint density at radius 1 is 0.917 bits per heavy atom. The summed E-state index contributed by atoms with van der Waals surface area (Å²) in [5.74, 6) is 0.192. The van der Waals surface area contributed by atoms with Crippen molar-refractivity contribution in [1.29, 1.82) is 0 Å². The molecule has 1 amide bonds. The van der Waals surface area contributed by atoms with Gasteiger partial charge in [0.15, 0.2) is 0 Å².